The van der Waals surface area contributed by atoms with E-state index in [-0.39, 0.29) is 5.82 Å². The lowest BCUT2D eigenvalue weighted by atomic mass is 10.2. The van der Waals surface area contributed by atoms with E-state index in [0.717, 1.165) is 30.9 Å². The summed E-state index contributed by atoms with van der Waals surface area (Å²) in [4.78, 5) is 0. The fraction of sp³-hybridized carbons (Fsp3) is 0.455. The molecule has 4 heteroatoms. The third kappa shape index (κ3) is 4.62. The van der Waals surface area contributed by atoms with Crippen LogP contribution in [0.1, 0.15) is 12.0 Å². The van der Waals surface area contributed by atoms with Crippen molar-refractivity contribution in [3.05, 3.63) is 35.4 Å². The minimum absolute atomic E-state index is 0.353. The highest BCUT2D eigenvalue weighted by Crippen LogP contribution is 2.09. The third-order valence-electron chi connectivity index (χ3n) is 2.03. The summed E-state index contributed by atoms with van der Waals surface area (Å²) in [6.07, 6.45) is 3.09. The smallest absolute Gasteiger partial charge is 0.127 e. The Kier molecular flexibility index (Phi) is 5.65. The Bertz CT molecular complexity index is 305. The first-order valence-corrected chi connectivity index (χ1v) is 6.27. The molecule has 84 valence electrons. The molecule has 0 fully saturated rings. The molecule has 1 N–H and O–H groups in total. The second-order valence-electron chi connectivity index (χ2n) is 3.26. The van der Waals surface area contributed by atoms with E-state index in [2.05, 4.69) is 5.32 Å². The summed E-state index contributed by atoms with van der Waals surface area (Å²) in [5.74, 6) is 0.338. The number of thioether (sulfide) groups is 1. The molecular formula is C11H15F2NS. The van der Waals surface area contributed by atoms with Crippen LogP contribution in [0.25, 0.3) is 0 Å². The molecule has 0 saturated heterocycles. The maximum Gasteiger partial charge on any atom is 0.127 e. The van der Waals surface area contributed by atoms with Crippen LogP contribution in [0.2, 0.25) is 0 Å². The van der Waals surface area contributed by atoms with Crippen LogP contribution in [0.15, 0.2) is 18.2 Å². The van der Waals surface area contributed by atoms with Crippen LogP contribution >= 0.6 is 11.8 Å². The number of hydrogen-bond acceptors (Lipinski definition) is 2. The molecule has 0 heterocycles. The Balaban J connectivity index is 2.33. The van der Waals surface area contributed by atoms with Crippen LogP contribution in [0.4, 0.5) is 8.78 Å². The predicted molar refractivity (Wildman–Crippen MR) is 61.1 cm³/mol. The number of benzene rings is 1. The van der Waals surface area contributed by atoms with E-state index in [1.807, 2.05) is 6.26 Å². The first-order chi connectivity index (χ1) is 7.24. The van der Waals surface area contributed by atoms with Crippen molar-refractivity contribution in [1.82, 2.24) is 5.32 Å². The van der Waals surface area contributed by atoms with Crippen molar-refractivity contribution in [2.24, 2.45) is 0 Å². The van der Waals surface area contributed by atoms with Gasteiger partial charge >= 0.3 is 0 Å². The highest BCUT2D eigenvalue weighted by molar-refractivity contribution is 7.98. The Hall–Kier alpha value is -0.610. The van der Waals surface area contributed by atoms with Crippen LogP contribution in [-0.2, 0) is 6.54 Å². The van der Waals surface area contributed by atoms with Gasteiger partial charge in [-0.1, -0.05) is 0 Å². The molecule has 0 atom stereocenters. The minimum Gasteiger partial charge on any atom is -0.313 e. The molecule has 0 spiro atoms. The van der Waals surface area contributed by atoms with Crippen molar-refractivity contribution in [2.45, 2.75) is 13.0 Å². The lowest BCUT2D eigenvalue weighted by molar-refractivity contribution is 0.568. The van der Waals surface area contributed by atoms with Crippen molar-refractivity contribution in [2.75, 3.05) is 18.6 Å². The summed E-state index contributed by atoms with van der Waals surface area (Å²) in [6, 6.07) is 3.53. The molecule has 0 aliphatic carbocycles. The zero-order chi connectivity index (χ0) is 11.1. The predicted octanol–water partition coefficient (Wildman–Crippen LogP) is 2.81. The van der Waals surface area contributed by atoms with Gasteiger partial charge in [-0.15, -0.1) is 0 Å². The SMILES string of the molecule is CSCCCNCc1cc(F)ccc1F. The number of rotatable bonds is 6. The Morgan fingerprint density at radius 2 is 2.13 bits per heavy atom. The van der Waals surface area contributed by atoms with Crippen LogP contribution in [0.5, 0.6) is 0 Å². The molecule has 0 saturated carbocycles. The molecule has 0 radical (unpaired) electrons. The molecule has 0 aromatic heterocycles. The van der Waals surface area contributed by atoms with Crippen molar-refractivity contribution in [1.29, 1.82) is 0 Å². The van der Waals surface area contributed by atoms with E-state index in [9.17, 15) is 8.78 Å². The van der Waals surface area contributed by atoms with Crippen LogP contribution < -0.4 is 5.32 Å². The van der Waals surface area contributed by atoms with Gasteiger partial charge in [-0.3, -0.25) is 0 Å². The van der Waals surface area contributed by atoms with Crippen molar-refractivity contribution >= 4 is 11.8 Å². The summed E-state index contributed by atoms with van der Waals surface area (Å²) in [7, 11) is 0. The molecule has 0 unspecified atom stereocenters. The molecule has 1 rings (SSSR count). The Morgan fingerprint density at radius 1 is 1.33 bits per heavy atom. The van der Waals surface area contributed by atoms with Crippen molar-refractivity contribution in [3.8, 4) is 0 Å². The molecular weight excluding hydrogens is 216 g/mol. The molecule has 1 aromatic carbocycles. The van der Waals surface area contributed by atoms with E-state index < -0.39 is 5.82 Å². The number of hydrogen-bond donors (Lipinski definition) is 1. The van der Waals surface area contributed by atoms with E-state index in [1.54, 1.807) is 11.8 Å². The molecule has 1 aromatic rings. The first kappa shape index (κ1) is 12.5. The second-order valence-corrected chi connectivity index (χ2v) is 4.24. The largest absolute Gasteiger partial charge is 0.313 e. The fourth-order valence-electron chi connectivity index (χ4n) is 1.24. The van der Waals surface area contributed by atoms with Gasteiger partial charge in [-0.25, -0.2) is 8.78 Å². The average molecular weight is 231 g/mol. The lowest BCUT2D eigenvalue weighted by Gasteiger charge is -2.05. The Labute approximate surface area is 93.3 Å². The summed E-state index contributed by atoms with van der Waals surface area (Å²) < 4.78 is 25.9. The Morgan fingerprint density at radius 3 is 2.87 bits per heavy atom. The van der Waals surface area contributed by atoms with Crippen molar-refractivity contribution < 1.29 is 8.78 Å². The molecule has 0 aliphatic rings. The normalized spacial score (nSPS) is 10.6. The number of nitrogens with one attached hydrogen (secondary N) is 1. The van der Waals surface area contributed by atoms with E-state index in [0.29, 0.717) is 12.1 Å². The van der Waals surface area contributed by atoms with Gasteiger partial charge in [0.25, 0.3) is 0 Å². The van der Waals surface area contributed by atoms with Gasteiger partial charge in [0.2, 0.25) is 0 Å². The van der Waals surface area contributed by atoms with E-state index in [1.165, 1.54) is 6.07 Å². The van der Waals surface area contributed by atoms with Crippen LogP contribution in [0, 0.1) is 11.6 Å². The van der Waals surface area contributed by atoms with Gasteiger partial charge in [0, 0.05) is 12.1 Å². The topological polar surface area (TPSA) is 12.0 Å². The quantitative estimate of drug-likeness (QED) is 0.756. The monoisotopic (exact) mass is 231 g/mol. The summed E-state index contributed by atoms with van der Waals surface area (Å²) in [6.45, 7) is 1.22. The molecule has 1 nitrogen and oxygen atoms in total. The summed E-state index contributed by atoms with van der Waals surface area (Å²) in [5.41, 5.74) is 0.388. The molecule has 0 aliphatic heterocycles. The third-order valence-corrected chi connectivity index (χ3v) is 2.72. The number of halogens is 2. The summed E-state index contributed by atoms with van der Waals surface area (Å²) >= 11 is 1.78. The highest BCUT2D eigenvalue weighted by atomic mass is 32.2. The lowest BCUT2D eigenvalue weighted by Crippen LogP contribution is -2.16. The molecule has 0 amide bonds. The van der Waals surface area contributed by atoms with Gasteiger partial charge in [-0.2, -0.15) is 11.8 Å². The van der Waals surface area contributed by atoms with Gasteiger partial charge < -0.3 is 5.32 Å². The molecule has 15 heavy (non-hydrogen) atoms. The van der Waals surface area contributed by atoms with Gasteiger partial charge in [0.1, 0.15) is 11.6 Å². The van der Waals surface area contributed by atoms with Crippen LogP contribution in [0.3, 0.4) is 0 Å². The van der Waals surface area contributed by atoms with Crippen LogP contribution in [-0.4, -0.2) is 18.6 Å². The minimum atomic E-state index is -0.391. The standard InChI is InChI=1S/C11H15F2NS/c1-15-6-2-5-14-8-9-7-10(12)3-4-11(9)13/h3-4,7,14H,2,5-6,8H2,1H3. The maximum atomic E-state index is 13.1. The van der Waals surface area contributed by atoms with E-state index in [4.69, 9.17) is 0 Å². The average Bonchev–Trinajstić information content (AvgIpc) is 2.23. The zero-order valence-corrected chi connectivity index (χ0v) is 9.54. The van der Waals surface area contributed by atoms with Gasteiger partial charge in [0.05, 0.1) is 0 Å². The van der Waals surface area contributed by atoms with Crippen molar-refractivity contribution in [3.63, 3.8) is 0 Å². The second kappa shape index (κ2) is 6.80. The van der Waals surface area contributed by atoms with Gasteiger partial charge in [-0.05, 0) is 43.2 Å². The highest BCUT2D eigenvalue weighted by Gasteiger charge is 2.02. The molecule has 0 bridgehead atoms. The maximum absolute atomic E-state index is 13.1. The summed E-state index contributed by atoms with van der Waals surface area (Å²) in [5, 5.41) is 3.08. The fourth-order valence-corrected chi connectivity index (χ4v) is 1.68. The first-order valence-electron chi connectivity index (χ1n) is 4.87. The zero-order valence-electron chi connectivity index (χ0n) is 8.72. The van der Waals surface area contributed by atoms with E-state index >= 15 is 0 Å². The van der Waals surface area contributed by atoms with Gasteiger partial charge in [0.15, 0.2) is 0 Å².